The van der Waals surface area contributed by atoms with Gasteiger partial charge in [0.05, 0.1) is 13.0 Å². The topological polar surface area (TPSA) is 84.4 Å². The Balaban J connectivity index is 1.48. The Bertz CT molecular complexity index is 1040. The molecule has 1 amide bonds. The molecule has 0 unspecified atom stereocenters. The highest BCUT2D eigenvalue weighted by Gasteiger charge is 2.30. The lowest BCUT2D eigenvalue weighted by Gasteiger charge is -2.18. The molecule has 0 atom stereocenters. The zero-order valence-corrected chi connectivity index (χ0v) is 17.2. The fourth-order valence-corrected chi connectivity index (χ4v) is 3.79. The van der Waals surface area contributed by atoms with Gasteiger partial charge in [0.1, 0.15) is 16.2 Å². The molecule has 3 aromatic rings. The van der Waals surface area contributed by atoms with Crippen molar-refractivity contribution in [2.24, 2.45) is 5.92 Å². The molecule has 1 N–H and O–H groups in total. The molecule has 29 heavy (non-hydrogen) atoms. The quantitative estimate of drug-likeness (QED) is 0.595. The summed E-state index contributed by atoms with van der Waals surface area (Å²) in [5.41, 5.74) is 2.63. The van der Waals surface area contributed by atoms with E-state index in [1.54, 1.807) is 6.92 Å². The molecule has 1 aliphatic carbocycles. The van der Waals surface area contributed by atoms with Crippen molar-refractivity contribution in [1.82, 2.24) is 9.97 Å². The van der Waals surface area contributed by atoms with Crippen molar-refractivity contribution in [3.8, 4) is 0 Å². The molecule has 2 aromatic heterocycles. The molecule has 1 aliphatic rings. The predicted octanol–water partition coefficient (Wildman–Crippen LogP) is 3.91. The van der Waals surface area contributed by atoms with E-state index in [-0.39, 0.29) is 24.2 Å². The fourth-order valence-electron chi connectivity index (χ4n) is 2.95. The Labute approximate surface area is 172 Å². The van der Waals surface area contributed by atoms with E-state index < -0.39 is 0 Å². The summed E-state index contributed by atoms with van der Waals surface area (Å²) in [6.45, 7) is 2.18. The number of ether oxygens (including phenoxy) is 1. The maximum absolute atomic E-state index is 11.9. The monoisotopic (exact) mass is 410 g/mol. The zero-order valence-electron chi connectivity index (χ0n) is 16.3. The summed E-state index contributed by atoms with van der Waals surface area (Å²) in [7, 11) is 1.94. The van der Waals surface area contributed by atoms with Crippen molar-refractivity contribution in [3.05, 3.63) is 42.0 Å². The van der Waals surface area contributed by atoms with Crippen LogP contribution in [-0.2, 0) is 20.7 Å². The van der Waals surface area contributed by atoms with Gasteiger partial charge in [0, 0.05) is 18.7 Å². The van der Waals surface area contributed by atoms with E-state index in [4.69, 9.17) is 9.72 Å². The van der Waals surface area contributed by atoms with Crippen molar-refractivity contribution in [1.29, 1.82) is 0 Å². The van der Waals surface area contributed by atoms with Gasteiger partial charge in [-0.1, -0.05) is 23.5 Å². The lowest BCUT2D eigenvalue weighted by molar-refractivity contribution is -0.142. The molecule has 0 bridgehead atoms. The summed E-state index contributed by atoms with van der Waals surface area (Å²) in [6.07, 6.45) is 2.18. The molecule has 2 heterocycles. The van der Waals surface area contributed by atoms with Gasteiger partial charge in [-0.25, -0.2) is 9.97 Å². The molecule has 0 saturated heterocycles. The maximum atomic E-state index is 11.9. The van der Waals surface area contributed by atoms with Gasteiger partial charge in [0.25, 0.3) is 0 Å². The zero-order chi connectivity index (χ0) is 20.4. The number of pyridine rings is 1. The number of carbonyl (C=O) groups excluding carboxylic acids is 2. The van der Waals surface area contributed by atoms with Gasteiger partial charge in [-0.15, -0.1) is 0 Å². The summed E-state index contributed by atoms with van der Waals surface area (Å²) in [5.74, 6) is 0.739. The third-order valence-electron chi connectivity index (χ3n) is 4.74. The first-order valence-corrected chi connectivity index (χ1v) is 10.4. The first-order valence-electron chi connectivity index (χ1n) is 9.60. The van der Waals surface area contributed by atoms with Gasteiger partial charge in [-0.2, -0.15) is 0 Å². The molecule has 1 aromatic carbocycles. The molecular formula is C21H22N4O3S. The van der Waals surface area contributed by atoms with Crippen LogP contribution in [0.3, 0.4) is 0 Å². The smallest absolute Gasteiger partial charge is 0.310 e. The molecule has 150 valence electrons. The van der Waals surface area contributed by atoms with E-state index in [0.717, 1.165) is 40.3 Å². The molecular weight excluding hydrogens is 388 g/mol. The summed E-state index contributed by atoms with van der Waals surface area (Å²) >= 11 is 1.38. The van der Waals surface area contributed by atoms with Gasteiger partial charge in [0.2, 0.25) is 5.91 Å². The van der Waals surface area contributed by atoms with Crippen LogP contribution >= 0.6 is 11.3 Å². The normalized spacial score (nSPS) is 13.3. The number of amides is 1. The minimum Gasteiger partial charge on any atom is -0.466 e. The number of esters is 1. The van der Waals surface area contributed by atoms with Crippen LogP contribution < -0.4 is 10.2 Å². The average Bonchev–Trinajstić information content (AvgIpc) is 3.48. The number of benzene rings is 1. The SMILES string of the molecule is CCOC(=O)Cc1ccc(N(C)c2ccc3nc(NC(=O)C4CC4)sc3n2)cc1. The summed E-state index contributed by atoms with van der Waals surface area (Å²) in [5, 5.41) is 3.47. The Morgan fingerprint density at radius 2 is 1.93 bits per heavy atom. The predicted molar refractivity (Wildman–Crippen MR) is 114 cm³/mol. The van der Waals surface area contributed by atoms with Crippen LogP contribution in [0.5, 0.6) is 0 Å². The number of thiazole rings is 1. The van der Waals surface area contributed by atoms with E-state index in [2.05, 4.69) is 10.3 Å². The van der Waals surface area contributed by atoms with Gasteiger partial charge >= 0.3 is 5.97 Å². The van der Waals surface area contributed by atoms with E-state index in [1.807, 2.05) is 48.3 Å². The van der Waals surface area contributed by atoms with Crippen LogP contribution in [0.25, 0.3) is 10.3 Å². The minimum absolute atomic E-state index is 0.0457. The van der Waals surface area contributed by atoms with Crippen molar-refractivity contribution < 1.29 is 14.3 Å². The number of anilines is 3. The number of hydrogen-bond acceptors (Lipinski definition) is 7. The standard InChI is InChI=1S/C21H22N4O3S/c1-3-28-18(26)12-13-4-8-15(9-5-13)25(2)17-11-10-16-20(23-17)29-21(22-16)24-19(27)14-6-7-14/h4-5,8-11,14H,3,6-7,12H2,1-2H3,(H,22,24,27). The lowest BCUT2D eigenvalue weighted by Crippen LogP contribution is -2.12. The second kappa shape index (κ2) is 8.16. The van der Waals surface area contributed by atoms with Crippen LogP contribution in [-0.4, -0.2) is 35.5 Å². The van der Waals surface area contributed by atoms with Gasteiger partial charge in [0.15, 0.2) is 5.13 Å². The Hall–Kier alpha value is -3.00. The molecule has 4 rings (SSSR count). The highest BCUT2D eigenvalue weighted by atomic mass is 32.1. The van der Waals surface area contributed by atoms with Crippen LogP contribution in [0.1, 0.15) is 25.3 Å². The Morgan fingerprint density at radius 3 is 2.62 bits per heavy atom. The average molecular weight is 410 g/mol. The molecule has 7 nitrogen and oxygen atoms in total. The summed E-state index contributed by atoms with van der Waals surface area (Å²) in [4.78, 5) is 35.4. The van der Waals surface area contributed by atoms with E-state index in [9.17, 15) is 9.59 Å². The summed E-state index contributed by atoms with van der Waals surface area (Å²) in [6, 6.07) is 11.6. The van der Waals surface area contributed by atoms with E-state index in [1.165, 1.54) is 11.3 Å². The Morgan fingerprint density at radius 1 is 1.17 bits per heavy atom. The number of carbonyl (C=O) groups is 2. The minimum atomic E-state index is -0.226. The first kappa shape index (κ1) is 19.3. The number of fused-ring (bicyclic) bond motifs is 1. The van der Waals surface area contributed by atoms with E-state index >= 15 is 0 Å². The molecule has 8 heteroatoms. The highest BCUT2D eigenvalue weighted by Crippen LogP contribution is 2.33. The number of aromatic nitrogens is 2. The fraction of sp³-hybridized carbons (Fsp3) is 0.333. The van der Waals surface area contributed by atoms with Crippen LogP contribution in [0, 0.1) is 5.92 Å². The van der Waals surface area contributed by atoms with Crippen LogP contribution in [0.4, 0.5) is 16.6 Å². The summed E-state index contributed by atoms with van der Waals surface area (Å²) < 4.78 is 4.99. The largest absolute Gasteiger partial charge is 0.466 e. The van der Waals surface area contributed by atoms with Crippen molar-refractivity contribution in [3.63, 3.8) is 0 Å². The van der Waals surface area contributed by atoms with Crippen molar-refractivity contribution in [2.75, 3.05) is 23.9 Å². The Kier molecular flexibility index (Phi) is 5.44. The number of nitrogens with zero attached hydrogens (tertiary/aromatic N) is 3. The second-order valence-corrected chi connectivity index (χ2v) is 7.96. The number of hydrogen-bond donors (Lipinski definition) is 1. The highest BCUT2D eigenvalue weighted by molar-refractivity contribution is 7.22. The van der Waals surface area contributed by atoms with Crippen LogP contribution in [0.2, 0.25) is 0 Å². The molecule has 1 saturated carbocycles. The maximum Gasteiger partial charge on any atom is 0.310 e. The van der Waals surface area contributed by atoms with Crippen molar-refractivity contribution >= 4 is 50.2 Å². The van der Waals surface area contributed by atoms with Gasteiger partial charge in [-0.05, 0) is 49.6 Å². The third kappa shape index (κ3) is 4.54. The first-order chi connectivity index (χ1) is 14.0. The van der Waals surface area contributed by atoms with Crippen molar-refractivity contribution in [2.45, 2.75) is 26.2 Å². The number of nitrogens with one attached hydrogen (secondary N) is 1. The molecule has 0 radical (unpaired) electrons. The van der Waals surface area contributed by atoms with E-state index in [0.29, 0.717) is 11.7 Å². The lowest BCUT2D eigenvalue weighted by atomic mass is 10.1. The third-order valence-corrected chi connectivity index (χ3v) is 5.62. The molecule has 0 spiro atoms. The van der Waals surface area contributed by atoms with Gasteiger partial charge < -0.3 is 15.0 Å². The van der Waals surface area contributed by atoms with Crippen LogP contribution in [0.15, 0.2) is 36.4 Å². The second-order valence-electron chi connectivity index (χ2n) is 6.98. The molecule has 1 fully saturated rings. The van der Waals surface area contributed by atoms with Gasteiger partial charge in [-0.3, -0.25) is 9.59 Å². The number of rotatable bonds is 7. The molecule has 0 aliphatic heterocycles.